The summed E-state index contributed by atoms with van der Waals surface area (Å²) in [6.45, 7) is 7.29. The van der Waals surface area contributed by atoms with Gasteiger partial charge in [0, 0.05) is 5.56 Å². The van der Waals surface area contributed by atoms with Crippen molar-refractivity contribution < 1.29 is 15.0 Å². The lowest BCUT2D eigenvalue weighted by Crippen LogP contribution is -2.36. The molecule has 16 heavy (non-hydrogen) atoms. The highest BCUT2D eigenvalue weighted by atomic mass is 16.4. The van der Waals surface area contributed by atoms with Gasteiger partial charge in [-0.25, -0.2) is 4.79 Å². The molecule has 1 atom stereocenters. The SMILES string of the molecule is CCC(O)(C(=O)O)c1c(C)cc(C)cc1C. The number of rotatable bonds is 3. The number of carbonyl (C=O) groups is 1. The molecule has 1 aromatic rings. The van der Waals surface area contributed by atoms with Crippen molar-refractivity contribution in [1.82, 2.24) is 0 Å². The van der Waals surface area contributed by atoms with E-state index >= 15 is 0 Å². The molecule has 88 valence electrons. The van der Waals surface area contributed by atoms with Gasteiger partial charge in [-0.1, -0.05) is 24.6 Å². The molecule has 3 nitrogen and oxygen atoms in total. The van der Waals surface area contributed by atoms with Crippen molar-refractivity contribution in [3.8, 4) is 0 Å². The molecule has 1 unspecified atom stereocenters. The van der Waals surface area contributed by atoms with Gasteiger partial charge in [-0.3, -0.25) is 0 Å². The second-order valence-electron chi connectivity index (χ2n) is 4.29. The maximum atomic E-state index is 11.2. The summed E-state index contributed by atoms with van der Waals surface area (Å²) in [5, 5.41) is 19.4. The Kier molecular flexibility index (Phi) is 3.38. The lowest BCUT2D eigenvalue weighted by atomic mass is 9.84. The molecule has 0 amide bonds. The van der Waals surface area contributed by atoms with Gasteiger partial charge >= 0.3 is 5.97 Å². The smallest absolute Gasteiger partial charge is 0.340 e. The highest BCUT2D eigenvalue weighted by Crippen LogP contribution is 2.31. The molecule has 0 aliphatic rings. The van der Waals surface area contributed by atoms with Crippen molar-refractivity contribution in [1.29, 1.82) is 0 Å². The van der Waals surface area contributed by atoms with Crippen LogP contribution in [0.1, 0.15) is 35.6 Å². The third-order valence-corrected chi connectivity index (χ3v) is 2.96. The fraction of sp³-hybridized carbons (Fsp3) is 0.462. The molecule has 0 saturated carbocycles. The second-order valence-corrected chi connectivity index (χ2v) is 4.29. The third-order valence-electron chi connectivity index (χ3n) is 2.96. The normalized spacial score (nSPS) is 14.6. The van der Waals surface area contributed by atoms with Crippen LogP contribution in [0.3, 0.4) is 0 Å². The van der Waals surface area contributed by atoms with Crippen LogP contribution in [0.15, 0.2) is 12.1 Å². The Hall–Kier alpha value is -1.35. The number of benzene rings is 1. The third kappa shape index (κ3) is 1.95. The summed E-state index contributed by atoms with van der Waals surface area (Å²) in [7, 11) is 0. The summed E-state index contributed by atoms with van der Waals surface area (Å²) in [6, 6.07) is 3.79. The summed E-state index contributed by atoms with van der Waals surface area (Å²) in [5.74, 6) is -1.19. The maximum absolute atomic E-state index is 11.2. The van der Waals surface area contributed by atoms with Gasteiger partial charge < -0.3 is 10.2 Å². The van der Waals surface area contributed by atoms with Crippen molar-refractivity contribution in [2.45, 2.75) is 39.7 Å². The fourth-order valence-electron chi connectivity index (χ4n) is 2.27. The van der Waals surface area contributed by atoms with Crippen molar-refractivity contribution in [3.05, 3.63) is 34.4 Å². The number of aryl methyl sites for hydroxylation is 3. The quantitative estimate of drug-likeness (QED) is 0.825. The van der Waals surface area contributed by atoms with Gasteiger partial charge in [-0.15, -0.1) is 0 Å². The van der Waals surface area contributed by atoms with Gasteiger partial charge in [-0.2, -0.15) is 0 Å². The van der Waals surface area contributed by atoms with E-state index in [0.717, 1.165) is 16.7 Å². The molecule has 0 heterocycles. The molecule has 0 aromatic heterocycles. The van der Waals surface area contributed by atoms with Gasteiger partial charge in [0.2, 0.25) is 0 Å². The van der Waals surface area contributed by atoms with E-state index in [0.29, 0.717) is 5.56 Å². The van der Waals surface area contributed by atoms with Crippen molar-refractivity contribution in [2.75, 3.05) is 0 Å². The lowest BCUT2D eigenvalue weighted by Gasteiger charge is -2.26. The number of aliphatic hydroxyl groups is 1. The molecule has 3 heteroatoms. The summed E-state index contributed by atoms with van der Waals surface area (Å²) in [5.41, 5.74) is 1.46. The van der Waals surface area contributed by atoms with Crippen LogP contribution < -0.4 is 0 Å². The van der Waals surface area contributed by atoms with Crippen LogP contribution in [0.4, 0.5) is 0 Å². The van der Waals surface area contributed by atoms with E-state index in [1.807, 2.05) is 32.9 Å². The van der Waals surface area contributed by atoms with Gasteiger partial charge in [0.05, 0.1) is 0 Å². The number of aliphatic carboxylic acids is 1. The van der Waals surface area contributed by atoms with E-state index < -0.39 is 11.6 Å². The molecule has 0 saturated heterocycles. The summed E-state index contributed by atoms with van der Waals surface area (Å²) < 4.78 is 0. The van der Waals surface area contributed by atoms with Crippen LogP contribution in [0.5, 0.6) is 0 Å². The first-order valence-electron chi connectivity index (χ1n) is 5.37. The van der Waals surface area contributed by atoms with E-state index in [9.17, 15) is 9.90 Å². The topological polar surface area (TPSA) is 57.5 Å². The Labute approximate surface area is 95.7 Å². The Morgan fingerprint density at radius 3 is 2.00 bits per heavy atom. The minimum atomic E-state index is -1.78. The summed E-state index contributed by atoms with van der Waals surface area (Å²) >= 11 is 0. The second kappa shape index (κ2) is 4.26. The molecule has 0 radical (unpaired) electrons. The predicted octanol–water partition coefficient (Wildman–Crippen LogP) is 2.29. The van der Waals surface area contributed by atoms with Crippen LogP contribution >= 0.6 is 0 Å². The molecule has 1 aromatic carbocycles. The van der Waals surface area contributed by atoms with Gasteiger partial charge in [0.25, 0.3) is 0 Å². The molecular weight excluding hydrogens is 204 g/mol. The maximum Gasteiger partial charge on any atom is 0.340 e. The first-order valence-corrected chi connectivity index (χ1v) is 5.37. The van der Waals surface area contributed by atoms with Crippen LogP contribution in [0.2, 0.25) is 0 Å². The fourth-order valence-corrected chi connectivity index (χ4v) is 2.27. The minimum Gasteiger partial charge on any atom is -0.479 e. The average Bonchev–Trinajstić information content (AvgIpc) is 2.15. The van der Waals surface area contributed by atoms with Crippen LogP contribution in [0, 0.1) is 20.8 Å². The molecule has 0 fully saturated rings. The molecule has 2 N–H and O–H groups in total. The molecule has 0 bridgehead atoms. The largest absolute Gasteiger partial charge is 0.479 e. The average molecular weight is 222 g/mol. The standard InChI is InChI=1S/C13H18O3/c1-5-13(16,12(14)15)11-9(3)6-8(2)7-10(11)4/h6-7,16H,5H2,1-4H3,(H,14,15). The molecule has 1 rings (SSSR count). The Bertz CT molecular complexity index is 400. The lowest BCUT2D eigenvalue weighted by molar-refractivity contribution is -0.160. The van der Waals surface area contributed by atoms with E-state index in [1.54, 1.807) is 6.92 Å². The Morgan fingerprint density at radius 1 is 1.25 bits per heavy atom. The Balaban J connectivity index is 3.48. The first-order chi connectivity index (χ1) is 7.32. The molecule has 0 spiro atoms. The highest BCUT2D eigenvalue weighted by Gasteiger charge is 2.38. The predicted molar refractivity (Wildman–Crippen MR) is 62.5 cm³/mol. The number of hydrogen-bond donors (Lipinski definition) is 2. The van der Waals surface area contributed by atoms with E-state index in [4.69, 9.17) is 5.11 Å². The number of carboxylic acids is 1. The zero-order valence-corrected chi connectivity index (χ0v) is 10.2. The zero-order chi connectivity index (χ0) is 12.5. The van der Waals surface area contributed by atoms with Gasteiger partial charge in [0.1, 0.15) is 0 Å². The van der Waals surface area contributed by atoms with Crippen LogP contribution in [0.25, 0.3) is 0 Å². The van der Waals surface area contributed by atoms with Crippen molar-refractivity contribution in [3.63, 3.8) is 0 Å². The van der Waals surface area contributed by atoms with E-state index in [1.165, 1.54) is 0 Å². The molecular formula is C13H18O3. The molecule has 0 aliphatic carbocycles. The van der Waals surface area contributed by atoms with Gasteiger partial charge in [-0.05, 0) is 38.3 Å². The summed E-state index contributed by atoms with van der Waals surface area (Å²) in [4.78, 5) is 11.2. The monoisotopic (exact) mass is 222 g/mol. The Morgan fingerprint density at radius 2 is 1.69 bits per heavy atom. The van der Waals surface area contributed by atoms with Gasteiger partial charge in [0.15, 0.2) is 5.60 Å². The minimum absolute atomic E-state index is 0.160. The zero-order valence-electron chi connectivity index (χ0n) is 10.2. The van der Waals surface area contributed by atoms with E-state index in [-0.39, 0.29) is 6.42 Å². The van der Waals surface area contributed by atoms with Crippen LogP contribution in [-0.2, 0) is 10.4 Å². The first kappa shape index (κ1) is 12.7. The van der Waals surface area contributed by atoms with Crippen molar-refractivity contribution in [2.24, 2.45) is 0 Å². The number of carboxylic acid groups (broad SMARTS) is 1. The van der Waals surface area contributed by atoms with Crippen molar-refractivity contribution >= 4 is 5.97 Å². The van der Waals surface area contributed by atoms with E-state index in [2.05, 4.69) is 0 Å². The molecule has 0 aliphatic heterocycles. The van der Waals surface area contributed by atoms with Crippen LogP contribution in [-0.4, -0.2) is 16.2 Å². The highest BCUT2D eigenvalue weighted by molar-refractivity contribution is 5.80. The summed E-state index contributed by atoms with van der Waals surface area (Å²) in [6.07, 6.45) is 0.160. The number of hydrogen-bond acceptors (Lipinski definition) is 2.